The minimum Gasteiger partial charge on any atom is -0.347 e. The van der Waals surface area contributed by atoms with Gasteiger partial charge < -0.3 is 10.6 Å². The van der Waals surface area contributed by atoms with Crippen molar-refractivity contribution in [2.45, 2.75) is 77.2 Å². The third-order valence-corrected chi connectivity index (χ3v) is 8.48. The molecule has 30 heavy (non-hydrogen) atoms. The first-order valence-corrected chi connectivity index (χ1v) is 11.6. The Labute approximate surface area is 179 Å². The molecule has 0 aromatic heterocycles. The molecule has 5 atom stereocenters. The Bertz CT molecular complexity index is 775. The Morgan fingerprint density at radius 1 is 1.17 bits per heavy atom. The second-order valence-corrected chi connectivity index (χ2v) is 10.6. The Hall–Kier alpha value is -1.49. The highest BCUT2D eigenvalue weighted by Gasteiger charge is 2.65. The minimum absolute atomic E-state index is 0.0819. The Kier molecular flexibility index (Phi) is 5.49. The molecule has 3 nitrogen and oxygen atoms in total. The third-order valence-electron chi connectivity index (χ3n) is 8.48. The van der Waals surface area contributed by atoms with Crippen molar-refractivity contribution in [3.8, 4) is 0 Å². The van der Waals surface area contributed by atoms with Gasteiger partial charge in [-0.2, -0.15) is 0 Å². The van der Waals surface area contributed by atoms with Crippen molar-refractivity contribution in [1.82, 2.24) is 10.6 Å². The van der Waals surface area contributed by atoms with Gasteiger partial charge >= 0.3 is 0 Å². The summed E-state index contributed by atoms with van der Waals surface area (Å²) in [5, 5.41) is 5.58. The first-order valence-electron chi connectivity index (χ1n) is 11.6. The molecule has 4 saturated carbocycles. The van der Waals surface area contributed by atoms with E-state index in [1.807, 2.05) is 25.2 Å². The molecule has 166 valence electrons. The van der Waals surface area contributed by atoms with E-state index in [1.54, 1.807) is 0 Å². The molecule has 5 heteroatoms. The van der Waals surface area contributed by atoms with Crippen molar-refractivity contribution in [3.63, 3.8) is 0 Å². The van der Waals surface area contributed by atoms with Crippen LogP contribution < -0.4 is 10.6 Å². The van der Waals surface area contributed by atoms with Crippen LogP contribution in [0.3, 0.4) is 0 Å². The van der Waals surface area contributed by atoms with Gasteiger partial charge in [0.2, 0.25) is 5.91 Å². The molecule has 0 radical (unpaired) electrons. The molecule has 0 aromatic carbocycles. The summed E-state index contributed by atoms with van der Waals surface area (Å²) in [7, 11) is 0. The van der Waals surface area contributed by atoms with Crippen molar-refractivity contribution in [3.05, 3.63) is 36.5 Å². The van der Waals surface area contributed by atoms with E-state index in [4.69, 9.17) is 0 Å². The highest BCUT2D eigenvalue weighted by molar-refractivity contribution is 5.84. The number of carbonyl (C=O) groups is 1. The van der Waals surface area contributed by atoms with Crippen molar-refractivity contribution in [2.75, 3.05) is 13.1 Å². The molecular weight excluding hydrogens is 382 g/mol. The van der Waals surface area contributed by atoms with Crippen molar-refractivity contribution < 1.29 is 13.6 Å². The summed E-state index contributed by atoms with van der Waals surface area (Å²) in [6.07, 6.45) is 15.2. The lowest BCUT2D eigenvalue weighted by Gasteiger charge is -2.66. The van der Waals surface area contributed by atoms with Gasteiger partial charge in [0.1, 0.15) is 0 Å². The molecule has 1 saturated heterocycles. The number of alkyl halides is 2. The number of carbonyl (C=O) groups excluding carboxylic acids is 1. The minimum atomic E-state index is -2.89. The van der Waals surface area contributed by atoms with E-state index >= 15 is 0 Å². The summed E-state index contributed by atoms with van der Waals surface area (Å²) in [4.78, 5) is 13.6. The fourth-order valence-corrected chi connectivity index (χ4v) is 7.43. The maximum absolute atomic E-state index is 14.4. The second-order valence-electron chi connectivity index (χ2n) is 10.6. The molecule has 5 aliphatic rings. The van der Waals surface area contributed by atoms with Crippen molar-refractivity contribution in [1.29, 1.82) is 0 Å². The van der Waals surface area contributed by atoms with Crippen LogP contribution in [0.4, 0.5) is 8.78 Å². The first kappa shape index (κ1) is 21.7. The van der Waals surface area contributed by atoms with E-state index in [9.17, 15) is 13.6 Å². The van der Waals surface area contributed by atoms with E-state index in [-0.39, 0.29) is 29.7 Å². The van der Waals surface area contributed by atoms with Crippen LogP contribution in [-0.2, 0) is 4.79 Å². The lowest BCUT2D eigenvalue weighted by molar-refractivity contribution is -0.173. The highest BCUT2D eigenvalue weighted by atomic mass is 19.3. The van der Waals surface area contributed by atoms with Crippen molar-refractivity contribution >= 4 is 5.91 Å². The third kappa shape index (κ3) is 3.57. The summed E-state index contributed by atoms with van der Waals surface area (Å²) in [5.41, 5.74) is 0.618. The van der Waals surface area contributed by atoms with E-state index in [2.05, 4.69) is 30.2 Å². The molecule has 1 heterocycles. The summed E-state index contributed by atoms with van der Waals surface area (Å²) in [6.45, 7) is 8.81. The molecule has 5 rings (SSSR count). The fraction of sp³-hybridized carbons (Fsp3) is 0.720. The predicted octanol–water partition coefficient (Wildman–Crippen LogP) is 5.16. The monoisotopic (exact) mass is 418 g/mol. The fourth-order valence-electron chi connectivity index (χ4n) is 7.43. The second kappa shape index (κ2) is 7.58. The van der Waals surface area contributed by atoms with Crippen LogP contribution in [-0.4, -0.2) is 31.0 Å². The summed E-state index contributed by atoms with van der Waals surface area (Å²) in [5.74, 6) is -2.55. The standard InChI is InChI=1S/C25H36F2N2O/c1-4-6-7-8-18(3)23-12-19-11-22(5-2,14-23)15-24(13-19,16-23)21(30)29-20-9-10-28-17-25(20,26)27/h4,6-8,19-20,28H,3,5,9-17H2,1-2H3,(H,29,30)/b6-4-,8-7-/t19?,20?,22-,23-,24?/m1/s1. The molecule has 5 fully saturated rings. The molecular formula is C25H36F2N2O. The summed E-state index contributed by atoms with van der Waals surface area (Å²) in [6, 6.07) is -1.06. The molecule has 0 aromatic rings. The smallest absolute Gasteiger partial charge is 0.280 e. The quantitative estimate of drug-likeness (QED) is 0.586. The van der Waals surface area contributed by atoms with Gasteiger partial charge in [0.05, 0.1) is 18.0 Å². The van der Waals surface area contributed by atoms with Gasteiger partial charge in [-0.3, -0.25) is 4.79 Å². The zero-order valence-electron chi connectivity index (χ0n) is 18.4. The number of amides is 1. The lowest BCUT2D eigenvalue weighted by Crippen LogP contribution is -2.64. The van der Waals surface area contributed by atoms with Gasteiger partial charge in [-0.1, -0.05) is 44.2 Å². The van der Waals surface area contributed by atoms with E-state index in [1.165, 1.54) is 0 Å². The largest absolute Gasteiger partial charge is 0.347 e. The topological polar surface area (TPSA) is 41.1 Å². The zero-order chi connectivity index (χ0) is 21.6. The molecule has 1 aliphatic heterocycles. The van der Waals surface area contributed by atoms with E-state index in [0.29, 0.717) is 12.5 Å². The predicted molar refractivity (Wildman–Crippen MR) is 116 cm³/mol. The van der Waals surface area contributed by atoms with Gasteiger partial charge in [0, 0.05) is 0 Å². The Morgan fingerprint density at radius 2 is 1.90 bits per heavy atom. The van der Waals surface area contributed by atoms with Gasteiger partial charge in [-0.15, -0.1) is 0 Å². The first-order chi connectivity index (χ1) is 14.2. The molecule has 1 amide bonds. The van der Waals surface area contributed by atoms with E-state index < -0.39 is 17.4 Å². The van der Waals surface area contributed by atoms with Crippen LogP contribution >= 0.6 is 0 Å². The number of allylic oxidation sites excluding steroid dienone is 5. The number of halogens is 2. The lowest BCUT2D eigenvalue weighted by atomic mass is 9.37. The van der Waals surface area contributed by atoms with Gasteiger partial charge in [-0.25, -0.2) is 8.78 Å². The number of piperidine rings is 1. The summed E-state index contributed by atoms with van der Waals surface area (Å²) >= 11 is 0. The molecule has 4 aliphatic carbocycles. The average Bonchev–Trinajstić information content (AvgIpc) is 2.68. The molecule has 2 N–H and O–H groups in total. The van der Waals surface area contributed by atoms with Crippen LogP contribution in [0.25, 0.3) is 0 Å². The molecule has 4 bridgehead atoms. The Balaban J connectivity index is 1.63. The normalized spacial score (nSPS) is 42.1. The Morgan fingerprint density at radius 3 is 2.60 bits per heavy atom. The molecule has 0 spiro atoms. The zero-order valence-corrected chi connectivity index (χ0v) is 18.4. The van der Waals surface area contributed by atoms with Crippen LogP contribution in [0.15, 0.2) is 36.5 Å². The number of hydrogen-bond donors (Lipinski definition) is 2. The van der Waals surface area contributed by atoms with Crippen molar-refractivity contribution in [2.24, 2.45) is 22.2 Å². The number of nitrogens with one attached hydrogen (secondary N) is 2. The van der Waals surface area contributed by atoms with E-state index in [0.717, 1.165) is 50.5 Å². The molecule has 3 unspecified atom stereocenters. The van der Waals surface area contributed by atoms with Crippen LogP contribution in [0.1, 0.15) is 65.2 Å². The van der Waals surface area contributed by atoms with Gasteiger partial charge in [0.25, 0.3) is 5.92 Å². The van der Waals surface area contributed by atoms with Crippen LogP contribution in [0.2, 0.25) is 0 Å². The average molecular weight is 419 g/mol. The maximum atomic E-state index is 14.4. The number of rotatable bonds is 6. The summed E-state index contributed by atoms with van der Waals surface area (Å²) < 4.78 is 28.8. The maximum Gasteiger partial charge on any atom is 0.280 e. The van der Waals surface area contributed by atoms with Crippen LogP contribution in [0, 0.1) is 22.2 Å². The SMILES string of the molecule is C=C(/C=C\C=C/C)[C@]12CC3CC(C(=O)NC4CCNCC4(F)F)(C[C@](CC)(C3)C1)C2. The number of hydrogen-bond acceptors (Lipinski definition) is 2. The van der Waals surface area contributed by atoms with Crippen LogP contribution in [0.5, 0.6) is 0 Å². The van der Waals surface area contributed by atoms with Gasteiger partial charge in [-0.05, 0) is 80.7 Å². The highest BCUT2D eigenvalue weighted by Crippen LogP contribution is 2.72. The van der Waals surface area contributed by atoms with Gasteiger partial charge in [0.15, 0.2) is 0 Å².